The van der Waals surface area contributed by atoms with Crippen LogP contribution in [0.3, 0.4) is 0 Å². The molecule has 1 unspecified atom stereocenters. The number of hydrazone groups is 1. The van der Waals surface area contributed by atoms with E-state index in [4.69, 9.17) is 9.84 Å². The molecule has 0 spiro atoms. The first-order chi connectivity index (χ1) is 18.2. The molecule has 0 aliphatic carbocycles. The van der Waals surface area contributed by atoms with Gasteiger partial charge in [-0.25, -0.2) is 9.78 Å². The highest BCUT2D eigenvalue weighted by Gasteiger charge is 2.25. The molecule has 0 bridgehead atoms. The van der Waals surface area contributed by atoms with Crippen LogP contribution in [-0.4, -0.2) is 65.0 Å². The molecule has 3 amide bonds. The van der Waals surface area contributed by atoms with Gasteiger partial charge >= 0.3 is 12.0 Å². The fourth-order valence-corrected chi connectivity index (χ4v) is 4.15. The quantitative estimate of drug-likeness (QED) is 0.312. The second-order valence-corrected chi connectivity index (χ2v) is 9.55. The standard InChI is InChI=1S/C27H36N6O5/c1-18(2)16-22(21-12-15-33(32-21)14-5-7-25(35)36)30-24(34)17-19-8-10-20(11-9-19)29-27(37)31-26-23(38-3)6-4-13-28-26/h4,6,8-11,13,18,22H,5,7,12,14-17H2,1-3H3,(H,30,34)(H,35,36)(H2,28,29,31,37). The van der Waals surface area contributed by atoms with Crippen LogP contribution in [0.4, 0.5) is 16.3 Å². The number of methoxy groups -OCH3 is 1. The van der Waals surface area contributed by atoms with E-state index >= 15 is 0 Å². The lowest BCUT2D eigenvalue weighted by Crippen LogP contribution is -2.42. The number of nitrogens with one attached hydrogen (secondary N) is 3. The Balaban J connectivity index is 1.53. The molecule has 1 aliphatic rings. The molecule has 2 aromatic rings. The lowest BCUT2D eigenvalue weighted by Gasteiger charge is -2.20. The number of ether oxygens (including phenoxy) is 1. The highest BCUT2D eigenvalue weighted by atomic mass is 16.5. The van der Waals surface area contributed by atoms with Gasteiger partial charge in [-0.1, -0.05) is 26.0 Å². The zero-order valence-electron chi connectivity index (χ0n) is 22.1. The maximum absolute atomic E-state index is 12.9. The highest BCUT2D eigenvalue weighted by molar-refractivity contribution is 6.00. The van der Waals surface area contributed by atoms with Crippen molar-refractivity contribution in [3.05, 3.63) is 48.2 Å². The van der Waals surface area contributed by atoms with Gasteiger partial charge in [0.15, 0.2) is 11.6 Å². The summed E-state index contributed by atoms with van der Waals surface area (Å²) >= 11 is 0. The Labute approximate surface area is 222 Å². The van der Waals surface area contributed by atoms with Crippen LogP contribution < -0.4 is 20.7 Å². The first-order valence-electron chi connectivity index (χ1n) is 12.7. The first kappa shape index (κ1) is 28.4. The number of pyridine rings is 1. The van der Waals surface area contributed by atoms with E-state index in [1.54, 1.807) is 42.6 Å². The zero-order chi connectivity index (χ0) is 27.5. The third-order valence-corrected chi connectivity index (χ3v) is 5.95. The Bertz CT molecular complexity index is 1140. The van der Waals surface area contributed by atoms with Gasteiger partial charge in [-0.2, -0.15) is 5.10 Å². The van der Waals surface area contributed by atoms with Crippen molar-refractivity contribution >= 4 is 35.1 Å². The summed E-state index contributed by atoms with van der Waals surface area (Å²) in [4.78, 5) is 40.1. The minimum Gasteiger partial charge on any atom is -0.493 e. The molecule has 0 fully saturated rings. The Hall–Kier alpha value is -4.15. The predicted molar refractivity (Wildman–Crippen MR) is 145 cm³/mol. The smallest absolute Gasteiger partial charge is 0.324 e. The zero-order valence-corrected chi connectivity index (χ0v) is 22.1. The summed E-state index contributed by atoms with van der Waals surface area (Å²) in [5.41, 5.74) is 2.31. The van der Waals surface area contributed by atoms with Gasteiger partial charge in [0.1, 0.15) is 0 Å². The van der Waals surface area contributed by atoms with Crippen LogP contribution in [0, 0.1) is 5.92 Å². The number of benzene rings is 1. The van der Waals surface area contributed by atoms with E-state index in [-0.39, 0.29) is 24.8 Å². The Morgan fingerprint density at radius 2 is 1.89 bits per heavy atom. The van der Waals surface area contributed by atoms with Gasteiger partial charge in [0.25, 0.3) is 0 Å². The van der Waals surface area contributed by atoms with Crippen molar-refractivity contribution in [3.63, 3.8) is 0 Å². The molecular weight excluding hydrogens is 488 g/mol. The minimum atomic E-state index is -0.810. The summed E-state index contributed by atoms with van der Waals surface area (Å²) in [6, 6.07) is 9.85. The van der Waals surface area contributed by atoms with Gasteiger partial charge in [-0.3, -0.25) is 19.9 Å². The first-order valence-corrected chi connectivity index (χ1v) is 12.7. The number of rotatable bonds is 13. The van der Waals surface area contributed by atoms with Crippen LogP contribution in [0.2, 0.25) is 0 Å². The highest BCUT2D eigenvalue weighted by Crippen LogP contribution is 2.20. The summed E-state index contributed by atoms with van der Waals surface area (Å²) in [5.74, 6) is 0.215. The third kappa shape index (κ3) is 9.06. The molecule has 1 aliphatic heterocycles. The van der Waals surface area contributed by atoms with E-state index in [1.165, 1.54) is 7.11 Å². The molecule has 1 aromatic carbocycles. The van der Waals surface area contributed by atoms with E-state index in [9.17, 15) is 14.4 Å². The summed E-state index contributed by atoms with van der Waals surface area (Å²) in [6.45, 7) is 5.52. The molecule has 1 atom stereocenters. The Morgan fingerprint density at radius 1 is 1.13 bits per heavy atom. The second kappa shape index (κ2) is 14.0. The minimum absolute atomic E-state index is 0.108. The molecule has 3 rings (SSSR count). The maximum atomic E-state index is 12.9. The molecule has 0 saturated carbocycles. The van der Waals surface area contributed by atoms with Crippen molar-refractivity contribution in [2.45, 2.75) is 52.0 Å². The van der Waals surface area contributed by atoms with Crippen LogP contribution >= 0.6 is 0 Å². The summed E-state index contributed by atoms with van der Waals surface area (Å²) in [7, 11) is 1.50. The number of anilines is 2. The van der Waals surface area contributed by atoms with Gasteiger partial charge < -0.3 is 20.5 Å². The van der Waals surface area contributed by atoms with Crippen LogP contribution in [0.25, 0.3) is 0 Å². The van der Waals surface area contributed by atoms with Crippen LogP contribution in [0.5, 0.6) is 5.75 Å². The van der Waals surface area contributed by atoms with E-state index < -0.39 is 12.0 Å². The SMILES string of the molecule is COc1cccnc1NC(=O)Nc1ccc(CC(=O)NC(CC(C)C)C2=NN(CCCC(=O)O)CC2)cc1. The molecule has 4 N–H and O–H groups in total. The Kier molecular flexibility index (Phi) is 10.4. The van der Waals surface area contributed by atoms with Crippen molar-refractivity contribution in [1.82, 2.24) is 15.3 Å². The number of carboxylic acid groups (broad SMARTS) is 1. The number of amides is 3. The number of carbonyl (C=O) groups is 3. The number of hydrogen-bond donors (Lipinski definition) is 4. The number of nitrogens with zero attached hydrogens (tertiary/aromatic N) is 3. The topological polar surface area (TPSA) is 145 Å². The van der Waals surface area contributed by atoms with Gasteiger partial charge in [-0.05, 0) is 48.6 Å². The summed E-state index contributed by atoms with van der Waals surface area (Å²) in [5, 5.41) is 23.9. The number of urea groups is 1. The molecule has 0 radical (unpaired) electrons. The number of aromatic nitrogens is 1. The molecule has 38 heavy (non-hydrogen) atoms. The summed E-state index contributed by atoms with van der Waals surface area (Å²) < 4.78 is 5.19. The predicted octanol–water partition coefficient (Wildman–Crippen LogP) is 3.73. The van der Waals surface area contributed by atoms with E-state index in [0.29, 0.717) is 36.1 Å². The monoisotopic (exact) mass is 524 g/mol. The van der Waals surface area contributed by atoms with E-state index in [0.717, 1.165) is 30.7 Å². The molecule has 11 nitrogen and oxygen atoms in total. The summed E-state index contributed by atoms with van der Waals surface area (Å²) in [6.07, 6.45) is 3.93. The molecular formula is C27H36N6O5. The average molecular weight is 525 g/mol. The van der Waals surface area contributed by atoms with Crippen LogP contribution in [0.15, 0.2) is 47.7 Å². The number of carboxylic acids is 1. The largest absolute Gasteiger partial charge is 0.493 e. The Morgan fingerprint density at radius 3 is 2.58 bits per heavy atom. The van der Waals surface area contributed by atoms with Gasteiger partial charge in [-0.15, -0.1) is 0 Å². The van der Waals surface area contributed by atoms with E-state index in [1.807, 2.05) is 5.01 Å². The van der Waals surface area contributed by atoms with Crippen molar-refractivity contribution in [2.75, 3.05) is 30.8 Å². The average Bonchev–Trinajstić information content (AvgIpc) is 3.33. The maximum Gasteiger partial charge on any atom is 0.324 e. The number of aliphatic carboxylic acids is 1. The molecule has 1 aromatic heterocycles. The van der Waals surface area contributed by atoms with E-state index in [2.05, 4.69) is 39.9 Å². The van der Waals surface area contributed by atoms with Crippen molar-refractivity contribution in [1.29, 1.82) is 0 Å². The van der Waals surface area contributed by atoms with Gasteiger partial charge in [0, 0.05) is 37.8 Å². The second-order valence-electron chi connectivity index (χ2n) is 9.55. The van der Waals surface area contributed by atoms with Gasteiger partial charge in [0.2, 0.25) is 5.91 Å². The molecule has 11 heteroatoms. The normalized spacial score (nSPS) is 13.6. The van der Waals surface area contributed by atoms with Crippen molar-refractivity contribution in [3.8, 4) is 5.75 Å². The van der Waals surface area contributed by atoms with Gasteiger partial charge in [0.05, 0.1) is 25.3 Å². The number of hydrogen-bond acceptors (Lipinski definition) is 7. The van der Waals surface area contributed by atoms with Crippen molar-refractivity contribution < 1.29 is 24.2 Å². The fraction of sp³-hybridized carbons (Fsp3) is 0.444. The molecule has 0 saturated heterocycles. The van der Waals surface area contributed by atoms with Crippen LogP contribution in [-0.2, 0) is 16.0 Å². The molecule has 204 valence electrons. The third-order valence-electron chi connectivity index (χ3n) is 5.95. The van der Waals surface area contributed by atoms with Crippen molar-refractivity contribution in [2.24, 2.45) is 11.0 Å². The van der Waals surface area contributed by atoms with Crippen LogP contribution in [0.1, 0.15) is 45.1 Å². The fourth-order valence-electron chi connectivity index (χ4n) is 4.15. The lowest BCUT2D eigenvalue weighted by atomic mass is 9.98. The lowest BCUT2D eigenvalue weighted by molar-refractivity contribution is -0.137. The number of carbonyl (C=O) groups excluding carboxylic acids is 2. The molecule has 2 heterocycles.